The molecule has 3 atom stereocenters. The van der Waals surface area contributed by atoms with E-state index in [-0.39, 0.29) is 35.1 Å². The summed E-state index contributed by atoms with van der Waals surface area (Å²) >= 11 is 0. The first kappa shape index (κ1) is 24.5. The van der Waals surface area contributed by atoms with E-state index in [0.29, 0.717) is 18.1 Å². The highest BCUT2D eigenvalue weighted by molar-refractivity contribution is 8.14. The minimum absolute atomic E-state index is 0.0228. The highest BCUT2D eigenvalue weighted by atomic mass is 32.2. The molecule has 1 aromatic carbocycles. The van der Waals surface area contributed by atoms with E-state index in [9.17, 15) is 9.50 Å². The first-order valence-corrected chi connectivity index (χ1v) is 12.9. The molecule has 2 heterocycles. The number of aryl methyl sites for hydroxylation is 1. The highest BCUT2D eigenvalue weighted by Gasteiger charge is 2.24. The molecule has 176 valence electrons. The first-order valence-electron chi connectivity index (χ1n) is 11.4. The van der Waals surface area contributed by atoms with Crippen LogP contribution in [0.4, 0.5) is 16.2 Å². The minimum atomic E-state index is -0.266. The second-order valence-corrected chi connectivity index (χ2v) is 9.97. The van der Waals surface area contributed by atoms with Crippen molar-refractivity contribution in [3.8, 4) is 5.75 Å². The Kier molecular flexibility index (Phi) is 8.87. The van der Waals surface area contributed by atoms with E-state index in [4.69, 9.17) is 14.7 Å². The summed E-state index contributed by atoms with van der Waals surface area (Å²) in [5, 5.41) is 12.9. The third-order valence-corrected chi connectivity index (χ3v) is 7.51. The Balaban J connectivity index is 1.71. The van der Waals surface area contributed by atoms with Crippen molar-refractivity contribution in [1.82, 2.24) is 9.97 Å². The molecule has 3 rings (SSSR count). The predicted octanol–water partition coefficient (Wildman–Crippen LogP) is 4.49. The molecular weight excluding hydrogens is 427 g/mol. The average Bonchev–Trinajstić information content (AvgIpc) is 3.18. The standard InChI is InChI=1S/C24H35FN4O2S/c1-5-18(12-15-30)26-23-22-21(13-16-32(22)4)27-24(28-23)29(3)14-11-19(6-2)31-20-9-7-17(25)8-10-20/h7-10,18-19,30H,4-6,11-16H2,1-3H3,(H,26,27,28). The molecule has 0 amide bonds. The van der Waals surface area contributed by atoms with Gasteiger partial charge in [-0.3, -0.25) is 0 Å². The van der Waals surface area contributed by atoms with E-state index in [2.05, 4.69) is 29.9 Å². The van der Waals surface area contributed by atoms with Crippen molar-refractivity contribution >= 4 is 28.1 Å². The van der Waals surface area contributed by atoms with Gasteiger partial charge in [0.1, 0.15) is 23.5 Å². The van der Waals surface area contributed by atoms with Gasteiger partial charge in [-0.05, 0) is 55.7 Å². The Labute approximate surface area is 193 Å². The summed E-state index contributed by atoms with van der Waals surface area (Å²) < 4.78 is 19.2. The fourth-order valence-corrected chi connectivity index (χ4v) is 5.27. The van der Waals surface area contributed by atoms with Crippen molar-refractivity contribution in [3.63, 3.8) is 0 Å². The lowest BCUT2D eigenvalue weighted by Gasteiger charge is -2.24. The summed E-state index contributed by atoms with van der Waals surface area (Å²) in [7, 11) is 1.89. The topological polar surface area (TPSA) is 70.5 Å². The number of rotatable bonds is 12. The molecule has 0 spiro atoms. The quantitative estimate of drug-likeness (QED) is 0.453. The minimum Gasteiger partial charge on any atom is -0.490 e. The Hall–Kier alpha value is -2.19. The SMILES string of the molecule is C=S1CCc2nc(N(C)CCC(CC)Oc3ccc(F)cc3)nc(NC(CC)CCO)c21. The smallest absolute Gasteiger partial charge is 0.227 e. The van der Waals surface area contributed by atoms with Crippen molar-refractivity contribution in [2.24, 2.45) is 0 Å². The maximum absolute atomic E-state index is 13.1. The number of benzene rings is 1. The van der Waals surface area contributed by atoms with Crippen LogP contribution in [0.1, 0.15) is 45.2 Å². The number of hydrogen-bond acceptors (Lipinski definition) is 6. The van der Waals surface area contributed by atoms with Crippen LogP contribution in [0.5, 0.6) is 5.75 Å². The Morgan fingerprint density at radius 3 is 2.62 bits per heavy atom. The lowest BCUT2D eigenvalue weighted by molar-refractivity contribution is 0.188. The normalized spacial score (nSPS) is 17.0. The Morgan fingerprint density at radius 2 is 1.97 bits per heavy atom. The van der Waals surface area contributed by atoms with Crippen LogP contribution < -0.4 is 15.0 Å². The average molecular weight is 463 g/mol. The molecule has 1 aliphatic rings. The van der Waals surface area contributed by atoms with Gasteiger partial charge in [0, 0.05) is 32.7 Å². The van der Waals surface area contributed by atoms with Crippen LogP contribution in [0, 0.1) is 5.82 Å². The molecule has 1 aromatic heterocycles. The molecule has 2 aromatic rings. The van der Waals surface area contributed by atoms with Crippen LogP contribution in [0.3, 0.4) is 0 Å². The van der Waals surface area contributed by atoms with E-state index >= 15 is 0 Å². The molecule has 0 fully saturated rings. The number of aliphatic hydroxyl groups is 1. The van der Waals surface area contributed by atoms with Crippen molar-refractivity contribution in [2.45, 2.75) is 63.0 Å². The number of fused-ring (bicyclic) bond motifs is 1. The van der Waals surface area contributed by atoms with Gasteiger partial charge in [0.25, 0.3) is 0 Å². The van der Waals surface area contributed by atoms with Crippen LogP contribution >= 0.6 is 10.5 Å². The van der Waals surface area contributed by atoms with Crippen LogP contribution in [0.2, 0.25) is 0 Å². The van der Waals surface area contributed by atoms with E-state index in [1.165, 1.54) is 12.1 Å². The van der Waals surface area contributed by atoms with Crippen molar-refractivity contribution in [3.05, 3.63) is 35.8 Å². The van der Waals surface area contributed by atoms with Crippen molar-refractivity contribution in [1.29, 1.82) is 0 Å². The summed E-state index contributed by atoms with van der Waals surface area (Å²) in [6, 6.07) is 6.32. The first-order chi connectivity index (χ1) is 15.4. The number of anilines is 2. The molecule has 1 aliphatic heterocycles. The van der Waals surface area contributed by atoms with Gasteiger partial charge in [-0.15, -0.1) is 0 Å². The van der Waals surface area contributed by atoms with Gasteiger partial charge in [-0.25, -0.2) is 9.37 Å². The third-order valence-electron chi connectivity index (χ3n) is 5.81. The summed E-state index contributed by atoms with van der Waals surface area (Å²) in [5.74, 6) is 7.29. The van der Waals surface area contributed by atoms with E-state index < -0.39 is 0 Å². The molecule has 32 heavy (non-hydrogen) atoms. The van der Waals surface area contributed by atoms with Crippen molar-refractivity contribution < 1.29 is 14.2 Å². The number of hydrogen-bond donors (Lipinski definition) is 2. The van der Waals surface area contributed by atoms with Gasteiger partial charge in [-0.1, -0.05) is 19.7 Å². The molecule has 0 aliphatic carbocycles. The van der Waals surface area contributed by atoms with Crippen LogP contribution in [0.25, 0.3) is 0 Å². The molecule has 2 N–H and O–H groups in total. The molecular formula is C24H35FN4O2S. The van der Waals surface area contributed by atoms with Crippen LogP contribution in [0.15, 0.2) is 29.2 Å². The monoisotopic (exact) mass is 462 g/mol. The maximum Gasteiger partial charge on any atom is 0.227 e. The number of ether oxygens (including phenoxy) is 1. The number of halogens is 1. The largest absolute Gasteiger partial charge is 0.490 e. The number of aromatic nitrogens is 2. The van der Waals surface area contributed by atoms with Gasteiger partial charge in [-0.2, -0.15) is 15.5 Å². The molecule has 0 radical (unpaired) electrons. The molecule has 8 heteroatoms. The van der Waals surface area contributed by atoms with E-state index in [1.54, 1.807) is 12.1 Å². The lowest BCUT2D eigenvalue weighted by atomic mass is 10.1. The zero-order valence-electron chi connectivity index (χ0n) is 19.3. The molecule has 0 saturated heterocycles. The zero-order valence-corrected chi connectivity index (χ0v) is 20.1. The maximum atomic E-state index is 13.1. The third kappa shape index (κ3) is 6.19. The number of nitrogens with one attached hydrogen (secondary N) is 1. The number of nitrogens with zero attached hydrogens (tertiary/aromatic N) is 3. The summed E-state index contributed by atoms with van der Waals surface area (Å²) in [4.78, 5) is 12.9. The fraction of sp³-hybridized carbons (Fsp3) is 0.542. The molecule has 0 saturated carbocycles. The summed E-state index contributed by atoms with van der Waals surface area (Å²) in [5.41, 5.74) is 1.08. The molecule has 3 unspecified atom stereocenters. The zero-order chi connectivity index (χ0) is 23.1. The van der Waals surface area contributed by atoms with Gasteiger partial charge in [0.05, 0.1) is 10.6 Å². The summed E-state index contributed by atoms with van der Waals surface area (Å²) in [6.07, 6.45) is 4.19. The molecule has 0 bridgehead atoms. The lowest BCUT2D eigenvalue weighted by Crippen LogP contribution is -2.28. The molecule has 6 nitrogen and oxygen atoms in total. The fourth-order valence-electron chi connectivity index (χ4n) is 3.76. The van der Waals surface area contributed by atoms with E-state index in [0.717, 1.165) is 54.4 Å². The van der Waals surface area contributed by atoms with Crippen LogP contribution in [-0.2, 0) is 6.42 Å². The summed E-state index contributed by atoms with van der Waals surface area (Å²) in [6.45, 7) is 5.08. The van der Waals surface area contributed by atoms with Gasteiger partial charge < -0.3 is 20.1 Å². The predicted molar refractivity (Wildman–Crippen MR) is 132 cm³/mol. The van der Waals surface area contributed by atoms with E-state index in [1.807, 2.05) is 7.05 Å². The second kappa shape index (κ2) is 11.6. The highest BCUT2D eigenvalue weighted by Crippen LogP contribution is 2.41. The van der Waals surface area contributed by atoms with Crippen molar-refractivity contribution in [2.75, 3.05) is 36.2 Å². The van der Waals surface area contributed by atoms with Gasteiger partial charge in [0.15, 0.2) is 0 Å². The Bertz CT molecular complexity index is 910. The second-order valence-electron chi connectivity index (χ2n) is 8.17. The number of aliphatic hydroxyl groups excluding tert-OH is 1. The van der Waals surface area contributed by atoms with Crippen LogP contribution in [-0.4, -0.2) is 59.0 Å². The van der Waals surface area contributed by atoms with Gasteiger partial charge in [0.2, 0.25) is 5.95 Å². The Morgan fingerprint density at radius 1 is 1.22 bits per heavy atom. The van der Waals surface area contributed by atoms with Gasteiger partial charge >= 0.3 is 0 Å².